The highest BCUT2D eigenvalue weighted by molar-refractivity contribution is 5.70. The Morgan fingerprint density at radius 1 is 0.562 bits per heavy atom. The molecule has 64 heavy (non-hydrogen) atoms. The molecule has 0 spiro atoms. The van der Waals surface area contributed by atoms with Gasteiger partial charge in [-0.3, -0.25) is 0 Å². The molecule has 0 saturated carbocycles. The molecule has 0 amide bonds. The number of aromatic nitrogens is 10. The van der Waals surface area contributed by atoms with Crippen LogP contribution in [0.2, 0.25) is 0 Å². The lowest BCUT2D eigenvalue weighted by Crippen LogP contribution is -2.35. The van der Waals surface area contributed by atoms with E-state index in [4.69, 9.17) is 9.47 Å². The van der Waals surface area contributed by atoms with Crippen LogP contribution < -0.4 is 9.47 Å². The van der Waals surface area contributed by atoms with E-state index in [0.717, 1.165) is 82.4 Å². The average Bonchev–Trinajstić information content (AvgIpc) is 4.16. The minimum Gasteiger partial charge on any atom is -0.495 e. The molecule has 0 saturated heterocycles. The van der Waals surface area contributed by atoms with Gasteiger partial charge in [-0.05, 0) is 98.2 Å². The Bertz CT molecular complexity index is 2750. The number of nitrogens with zero attached hydrogens (tertiary/aromatic N) is 10. The lowest BCUT2D eigenvalue weighted by molar-refractivity contribution is 0.0392. The van der Waals surface area contributed by atoms with E-state index in [1.54, 1.807) is 26.9 Å². The van der Waals surface area contributed by atoms with Crippen molar-refractivity contribution in [1.82, 2.24) is 48.6 Å². The Kier molecular flexibility index (Phi) is 11.6. The van der Waals surface area contributed by atoms with Gasteiger partial charge in [0.1, 0.15) is 22.7 Å². The normalized spacial score (nSPS) is 18.1. The number of hydrogen-bond donors (Lipinski definition) is 2. The van der Waals surface area contributed by atoms with Crippen LogP contribution in [0.3, 0.4) is 0 Å². The molecule has 8 aromatic rings. The summed E-state index contributed by atoms with van der Waals surface area (Å²) in [6, 6.07) is 31.4. The van der Waals surface area contributed by atoms with E-state index in [9.17, 15) is 10.2 Å². The highest BCUT2D eigenvalue weighted by Gasteiger charge is 2.40. The van der Waals surface area contributed by atoms with Crippen molar-refractivity contribution in [3.63, 3.8) is 0 Å². The number of ether oxygens (including phenoxy) is 2. The predicted octanol–water partition coefficient (Wildman–Crippen LogP) is 7.96. The van der Waals surface area contributed by atoms with Crippen molar-refractivity contribution < 1.29 is 19.7 Å². The average molecular weight is 855 g/mol. The first-order valence-electron chi connectivity index (χ1n) is 21.3. The largest absolute Gasteiger partial charge is 0.495 e. The summed E-state index contributed by atoms with van der Waals surface area (Å²) in [4.78, 5) is 17.9. The number of benzene rings is 4. The van der Waals surface area contributed by atoms with Crippen LogP contribution in [0.5, 0.6) is 11.5 Å². The second kappa shape index (κ2) is 17.8. The Labute approximate surface area is 371 Å². The van der Waals surface area contributed by atoms with E-state index in [0.29, 0.717) is 36.1 Å². The van der Waals surface area contributed by atoms with Gasteiger partial charge in [-0.1, -0.05) is 84.9 Å². The molecular weight excluding hydrogens is 805 g/mol. The SMILES string of the molecule is COc1cc(/C=C/c2nc3n(n2)CCC[C@@]3(O)c2ccccc2)ccc1-n1cnc(C)c1.COc1cc(/C=C/c2nc3n(n2)CCC[C@]3(O)c2ccccc2)ccc1-n1cnc(C)c1. The van der Waals surface area contributed by atoms with E-state index < -0.39 is 11.2 Å². The van der Waals surface area contributed by atoms with E-state index in [1.807, 2.05) is 166 Å². The van der Waals surface area contributed by atoms with Crippen LogP contribution in [0, 0.1) is 13.8 Å². The molecule has 4 aromatic heterocycles. The van der Waals surface area contributed by atoms with Crippen molar-refractivity contribution in [3.05, 3.63) is 179 Å². The summed E-state index contributed by atoms with van der Waals surface area (Å²) in [6.45, 7) is 5.41. The summed E-state index contributed by atoms with van der Waals surface area (Å²) in [5, 5.41) is 32.1. The maximum Gasteiger partial charge on any atom is 0.174 e. The van der Waals surface area contributed by atoms with Crippen LogP contribution in [-0.4, -0.2) is 73.1 Å². The molecule has 0 radical (unpaired) electrons. The first kappa shape index (κ1) is 41.9. The van der Waals surface area contributed by atoms with Gasteiger partial charge >= 0.3 is 0 Å². The third kappa shape index (κ3) is 8.40. The molecule has 2 atom stereocenters. The number of rotatable bonds is 10. The van der Waals surface area contributed by atoms with Crippen molar-refractivity contribution in [2.45, 2.75) is 63.8 Å². The predicted molar refractivity (Wildman–Crippen MR) is 245 cm³/mol. The Morgan fingerprint density at radius 2 is 0.984 bits per heavy atom. The fourth-order valence-electron chi connectivity index (χ4n) is 8.42. The fraction of sp³-hybridized carbons (Fsp3) is 0.240. The molecule has 14 nitrogen and oxygen atoms in total. The monoisotopic (exact) mass is 854 g/mol. The van der Waals surface area contributed by atoms with Crippen molar-refractivity contribution in [3.8, 4) is 22.9 Å². The molecule has 0 aliphatic carbocycles. The molecule has 0 fully saturated rings. The van der Waals surface area contributed by atoms with E-state index in [2.05, 4.69) is 30.1 Å². The van der Waals surface area contributed by atoms with Crippen LogP contribution >= 0.6 is 0 Å². The van der Waals surface area contributed by atoms with Gasteiger partial charge in [0.15, 0.2) is 23.3 Å². The zero-order valence-electron chi connectivity index (χ0n) is 36.3. The molecule has 0 bridgehead atoms. The highest BCUT2D eigenvalue weighted by Crippen LogP contribution is 2.38. The van der Waals surface area contributed by atoms with Crippen molar-refractivity contribution in [2.24, 2.45) is 0 Å². The van der Waals surface area contributed by atoms with Gasteiger partial charge in [-0.2, -0.15) is 10.2 Å². The van der Waals surface area contributed by atoms with Crippen molar-refractivity contribution in [1.29, 1.82) is 0 Å². The lowest BCUT2D eigenvalue weighted by Gasteiger charge is -2.31. The zero-order valence-corrected chi connectivity index (χ0v) is 36.3. The molecule has 2 aliphatic rings. The second-order valence-corrected chi connectivity index (χ2v) is 16.1. The summed E-state index contributed by atoms with van der Waals surface area (Å²) in [5.41, 5.74) is 5.13. The molecular formula is C50H50N10O4. The summed E-state index contributed by atoms with van der Waals surface area (Å²) < 4.78 is 18.7. The van der Waals surface area contributed by atoms with Gasteiger partial charge in [0.2, 0.25) is 0 Å². The first-order chi connectivity index (χ1) is 31.1. The summed E-state index contributed by atoms with van der Waals surface area (Å²) in [5.74, 6) is 3.84. The number of aliphatic hydroxyl groups is 2. The van der Waals surface area contributed by atoms with Crippen LogP contribution in [0.1, 0.15) is 82.6 Å². The molecule has 4 aromatic carbocycles. The maximum atomic E-state index is 11.4. The minimum atomic E-state index is -1.12. The number of imidazole rings is 2. The van der Waals surface area contributed by atoms with Crippen LogP contribution in [0.15, 0.2) is 122 Å². The molecule has 0 unspecified atom stereocenters. The minimum absolute atomic E-state index is 0.574. The lowest BCUT2D eigenvalue weighted by atomic mass is 9.86. The van der Waals surface area contributed by atoms with Gasteiger partial charge in [0.05, 0.1) is 49.6 Å². The summed E-state index contributed by atoms with van der Waals surface area (Å²) >= 11 is 0. The maximum absolute atomic E-state index is 11.4. The Morgan fingerprint density at radius 3 is 1.36 bits per heavy atom. The quantitative estimate of drug-likeness (QED) is 0.138. The van der Waals surface area contributed by atoms with Gasteiger partial charge in [-0.25, -0.2) is 29.3 Å². The number of aryl methyl sites for hydroxylation is 4. The van der Waals surface area contributed by atoms with Crippen molar-refractivity contribution >= 4 is 24.3 Å². The van der Waals surface area contributed by atoms with Crippen LogP contribution in [0.25, 0.3) is 35.7 Å². The van der Waals surface area contributed by atoms with E-state index in [-0.39, 0.29) is 0 Å². The van der Waals surface area contributed by atoms with Gasteiger partial charge in [-0.15, -0.1) is 0 Å². The highest BCUT2D eigenvalue weighted by atomic mass is 16.5. The number of fused-ring (bicyclic) bond motifs is 2. The third-order valence-electron chi connectivity index (χ3n) is 11.7. The molecule has 6 heterocycles. The molecule has 14 heteroatoms. The van der Waals surface area contributed by atoms with E-state index in [1.165, 1.54) is 0 Å². The topological polar surface area (TPSA) is 156 Å². The summed E-state index contributed by atoms with van der Waals surface area (Å²) in [6.07, 6.45) is 18.1. The van der Waals surface area contributed by atoms with Crippen LogP contribution in [-0.2, 0) is 24.3 Å². The smallest absolute Gasteiger partial charge is 0.174 e. The first-order valence-corrected chi connectivity index (χ1v) is 21.3. The second-order valence-electron chi connectivity index (χ2n) is 16.1. The van der Waals surface area contributed by atoms with Gasteiger partial charge in [0.25, 0.3) is 0 Å². The molecule has 324 valence electrons. The molecule has 2 N–H and O–H groups in total. The van der Waals surface area contributed by atoms with Gasteiger partial charge in [0, 0.05) is 25.5 Å². The molecule has 2 aliphatic heterocycles. The molecule has 10 rings (SSSR count). The number of hydrogen-bond acceptors (Lipinski definition) is 10. The fourth-order valence-corrected chi connectivity index (χ4v) is 8.42. The standard InChI is InChI=1S/2C25H25N5O2/c2*1-18-16-29(17-26-18)21-11-9-19(15-22(21)32-2)10-12-23-27-24-25(31,13-6-14-30(24)28-23)20-7-4-3-5-8-20/h2*3-5,7-12,15-17,31H,6,13-14H2,1-2H3/b2*12-10+/t2*25-/m10/s1. The van der Waals surface area contributed by atoms with Crippen molar-refractivity contribution in [2.75, 3.05) is 14.2 Å². The Hall–Kier alpha value is -7.42. The van der Waals surface area contributed by atoms with E-state index >= 15 is 0 Å². The summed E-state index contributed by atoms with van der Waals surface area (Å²) in [7, 11) is 3.32. The van der Waals surface area contributed by atoms with Crippen LogP contribution in [0.4, 0.5) is 0 Å². The Balaban J connectivity index is 0.000000162. The third-order valence-corrected chi connectivity index (χ3v) is 11.7. The van der Waals surface area contributed by atoms with Gasteiger partial charge < -0.3 is 28.8 Å². The zero-order chi connectivity index (χ0) is 44.3. The number of methoxy groups -OCH3 is 2.